The number of halogens is 1. The third-order valence-corrected chi connectivity index (χ3v) is 3.54. The van der Waals surface area contributed by atoms with Crippen molar-refractivity contribution in [3.05, 3.63) is 65.5 Å². The van der Waals surface area contributed by atoms with Crippen LogP contribution >= 0.6 is 0 Å². The van der Waals surface area contributed by atoms with E-state index < -0.39 is 6.10 Å². The molecule has 23 heavy (non-hydrogen) atoms. The molecule has 2 heterocycles. The Morgan fingerprint density at radius 2 is 2.22 bits per heavy atom. The molecule has 0 saturated carbocycles. The van der Waals surface area contributed by atoms with E-state index in [1.54, 1.807) is 31.2 Å². The molecule has 0 spiro atoms. The van der Waals surface area contributed by atoms with Gasteiger partial charge in [-0.05, 0) is 37.3 Å². The molecule has 0 bridgehead atoms. The summed E-state index contributed by atoms with van der Waals surface area (Å²) in [5.74, 6) is -0.343. The van der Waals surface area contributed by atoms with E-state index in [1.807, 2.05) is 0 Å². The Morgan fingerprint density at radius 1 is 1.39 bits per heavy atom. The van der Waals surface area contributed by atoms with Gasteiger partial charge in [0, 0.05) is 11.5 Å². The van der Waals surface area contributed by atoms with Crippen molar-refractivity contribution in [1.29, 1.82) is 0 Å². The molecule has 6 heteroatoms. The van der Waals surface area contributed by atoms with E-state index in [1.165, 1.54) is 18.4 Å². The minimum absolute atomic E-state index is 0.0211. The summed E-state index contributed by atoms with van der Waals surface area (Å²) in [5, 5.41) is 13.2. The summed E-state index contributed by atoms with van der Waals surface area (Å²) in [4.78, 5) is 16.5. The van der Waals surface area contributed by atoms with Crippen LogP contribution in [0.3, 0.4) is 0 Å². The number of hydrogen-bond donors (Lipinski definition) is 2. The highest BCUT2D eigenvalue weighted by molar-refractivity contribution is 5.98. The molecule has 2 aromatic heterocycles. The minimum atomic E-state index is -0.920. The first-order valence-electron chi connectivity index (χ1n) is 7.11. The molecule has 3 rings (SSSR count). The molecule has 1 unspecified atom stereocenters. The number of aliphatic hydroxyl groups is 1. The number of amides is 1. The lowest BCUT2D eigenvalue weighted by Gasteiger charge is -2.11. The fourth-order valence-electron chi connectivity index (χ4n) is 2.33. The molecule has 0 aliphatic heterocycles. The van der Waals surface area contributed by atoms with Gasteiger partial charge in [-0.2, -0.15) is 0 Å². The Morgan fingerprint density at radius 3 is 2.96 bits per heavy atom. The Kier molecular flexibility index (Phi) is 4.08. The number of hydrogen-bond acceptors (Lipinski definition) is 4. The molecule has 0 saturated heterocycles. The number of aliphatic hydroxyl groups excluding tert-OH is 1. The lowest BCUT2D eigenvalue weighted by molar-refractivity contribution is 0.0900. The molecule has 0 aliphatic rings. The highest BCUT2D eigenvalue weighted by Gasteiger charge is 2.15. The maximum atomic E-state index is 13.2. The summed E-state index contributed by atoms with van der Waals surface area (Å²) in [6, 6.07) is 9.18. The molecule has 0 radical (unpaired) electrons. The predicted molar refractivity (Wildman–Crippen MR) is 82.4 cm³/mol. The van der Waals surface area contributed by atoms with Crippen molar-refractivity contribution < 1.29 is 18.7 Å². The van der Waals surface area contributed by atoms with Gasteiger partial charge in [-0.1, -0.05) is 0 Å². The van der Waals surface area contributed by atoms with Crippen LogP contribution in [0.25, 0.3) is 10.9 Å². The number of benzene rings is 1. The molecule has 1 atom stereocenters. The predicted octanol–water partition coefficient (Wildman–Crippen LogP) is 2.74. The molecule has 3 aromatic rings. The topological polar surface area (TPSA) is 75.4 Å². The number of furan rings is 1. The minimum Gasteiger partial charge on any atom is -0.467 e. The molecule has 1 aromatic carbocycles. The molecule has 1 amide bonds. The van der Waals surface area contributed by atoms with E-state index in [4.69, 9.17) is 4.42 Å². The highest BCUT2D eigenvalue weighted by atomic mass is 19.1. The van der Waals surface area contributed by atoms with Crippen LogP contribution in [-0.4, -0.2) is 22.5 Å². The van der Waals surface area contributed by atoms with Crippen LogP contribution in [0.1, 0.15) is 27.9 Å². The van der Waals surface area contributed by atoms with Crippen LogP contribution in [-0.2, 0) is 0 Å². The zero-order valence-electron chi connectivity index (χ0n) is 12.4. The van der Waals surface area contributed by atoms with E-state index in [0.29, 0.717) is 27.9 Å². The number of nitrogens with zero attached hydrogens (tertiary/aromatic N) is 1. The Hall–Kier alpha value is -2.73. The second-order valence-corrected chi connectivity index (χ2v) is 5.20. The number of aromatic nitrogens is 1. The fraction of sp³-hybridized carbons (Fsp3) is 0.176. The van der Waals surface area contributed by atoms with Gasteiger partial charge in [-0.3, -0.25) is 9.78 Å². The SMILES string of the molecule is Cc1nc2cc(F)ccc2cc1C(=O)NCC(O)c1ccco1. The van der Waals surface area contributed by atoms with Gasteiger partial charge in [0.1, 0.15) is 17.7 Å². The third-order valence-electron chi connectivity index (χ3n) is 3.54. The van der Waals surface area contributed by atoms with E-state index in [0.717, 1.165) is 0 Å². The summed E-state index contributed by atoms with van der Waals surface area (Å²) in [6.07, 6.45) is 0.536. The van der Waals surface area contributed by atoms with E-state index in [9.17, 15) is 14.3 Å². The van der Waals surface area contributed by atoms with E-state index >= 15 is 0 Å². The monoisotopic (exact) mass is 314 g/mol. The first kappa shape index (κ1) is 15.2. The van der Waals surface area contributed by atoms with Crippen molar-refractivity contribution in [1.82, 2.24) is 10.3 Å². The first-order chi connectivity index (χ1) is 11.0. The van der Waals surface area contributed by atoms with Gasteiger partial charge in [0.2, 0.25) is 0 Å². The largest absolute Gasteiger partial charge is 0.467 e. The van der Waals surface area contributed by atoms with Crippen molar-refractivity contribution in [3.8, 4) is 0 Å². The lowest BCUT2D eigenvalue weighted by atomic mass is 10.1. The van der Waals surface area contributed by atoms with Crippen LogP contribution in [0.2, 0.25) is 0 Å². The van der Waals surface area contributed by atoms with Crippen molar-refractivity contribution in [2.24, 2.45) is 0 Å². The van der Waals surface area contributed by atoms with E-state index in [-0.39, 0.29) is 18.3 Å². The van der Waals surface area contributed by atoms with Gasteiger partial charge in [0.05, 0.1) is 29.6 Å². The number of rotatable bonds is 4. The van der Waals surface area contributed by atoms with Gasteiger partial charge in [0.25, 0.3) is 5.91 Å². The maximum Gasteiger partial charge on any atom is 0.253 e. The summed E-state index contributed by atoms with van der Waals surface area (Å²) < 4.78 is 18.3. The fourth-order valence-corrected chi connectivity index (χ4v) is 2.33. The van der Waals surface area contributed by atoms with Gasteiger partial charge in [0.15, 0.2) is 0 Å². The number of carbonyl (C=O) groups excluding carboxylic acids is 1. The van der Waals surface area contributed by atoms with Gasteiger partial charge in [-0.25, -0.2) is 4.39 Å². The molecule has 0 fully saturated rings. The first-order valence-corrected chi connectivity index (χ1v) is 7.11. The second-order valence-electron chi connectivity index (χ2n) is 5.20. The van der Waals surface area contributed by atoms with Crippen LogP contribution in [0, 0.1) is 12.7 Å². The van der Waals surface area contributed by atoms with Crippen molar-refractivity contribution in [2.75, 3.05) is 6.54 Å². The number of carbonyl (C=O) groups is 1. The van der Waals surface area contributed by atoms with Crippen molar-refractivity contribution in [2.45, 2.75) is 13.0 Å². The summed E-state index contributed by atoms with van der Waals surface area (Å²) >= 11 is 0. The normalized spacial score (nSPS) is 12.3. The average molecular weight is 314 g/mol. The van der Waals surface area contributed by atoms with E-state index in [2.05, 4.69) is 10.3 Å². The zero-order valence-corrected chi connectivity index (χ0v) is 12.4. The molecule has 2 N–H and O–H groups in total. The smallest absolute Gasteiger partial charge is 0.253 e. The Bertz CT molecular complexity index is 846. The Balaban J connectivity index is 1.78. The molecular formula is C17H15FN2O3. The molecule has 5 nitrogen and oxygen atoms in total. The number of fused-ring (bicyclic) bond motifs is 1. The number of aryl methyl sites for hydroxylation is 1. The van der Waals surface area contributed by atoms with Crippen molar-refractivity contribution >= 4 is 16.8 Å². The molecule has 118 valence electrons. The Labute approximate surface area is 131 Å². The quantitative estimate of drug-likeness (QED) is 0.776. The van der Waals surface area contributed by atoms with Crippen LogP contribution in [0.5, 0.6) is 0 Å². The lowest BCUT2D eigenvalue weighted by Crippen LogP contribution is -2.29. The van der Waals surface area contributed by atoms with Gasteiger partial charge >= 0.3 is 0 Å². The summed E-state index contributed by atoms with van der Waals surface area (Å²) in [6.45, 7) is 1.70. The maximum absolute atomic E-state index is 13.2. The van der Waals surface area contributed by atoms with Crippen molar-refractivity contribution in [3.63, 3.8) is 0 Å². The van der Waals surface area contributed by atoms with Crippen LogP contribution < -0.4 is 5.32 Å². The molecule has 0 aliphatic carbocycles. The molecular weight excluding hydrogens is 299 g/mol. The summed E-state index contributed by atoms with van der Waals surface area (Å²) in [5.41, 5.74) is 1.37. The second kappa shape index (κ2) is 6.18. The number of pyridine rings is 1. The van der Waals surface area contributed by atoms with Gasteiger partial charge in [-0.15, -0.1) is 0 Å². The summed E-state index contributed by atoms with van der Waals surface area (Å²) in [7, 11) is 0. The van der Waals surface area contributed by atoms with Crippen LogP contribution in [0.4, 0.5) is 4.39 Å². The number of nitrogens with one attached hydrogen (secondary N) is 1. The van der Waals surface area contributed by atoms with Crippen LogP contribution in [0.15, 0.2) is 47.1 Å². The zero-order chi connectivity index (χ0) is 16.4. The standard InChI is InChI=1S/C17H15FN2O3/c1-10-13(7-11-4-5-12(18)8-14(11)20-10)17(22)19-9-15(21)16-3-2-6-23-16/h2-8,15,21H,9H2,1H3,(H,19,22). The van der Waals surface area contributed by atoms with Gasteiger partial charge < -0.3 is 14.8 Å². The average Bonchev–Trinajstić information content (AvgIpc) is 3.06. The highest BCUT2D eigenvalue weighted by Crippen LogP contribution is 2.18. The third kappa shape index (κ3) is 3.22.